The van der Waals surface area contributed by atoms with Gasteiger partial charge in [0, 0.05) is 0 Å². The molecule has 0 aliphatic carbocycles. The summed E-state index contributed by atoms with van der Waals surface area (Å²) in [6, 6.07) is 3.97. The van der Waals surface area contributed by atoms with E-state index in [9.17, 15) is 35.5 Å². The van der Waals surface area contributed by atoms with Crippen LogP contribution in [0.5, 0.6) is 0 Å². The fourth-order valence-corrected chi connectivity index (χ4v) is 2.41. The Labute approximate surface area is 146 Å². The molecule has 4 nitrogen and oxygen atoms in total. The smallest absolute Gasteiger partial charge is 0.324 e. The van der Waals surface area contributed by atoms with Crippen molar-refractivity contribution in [1.29, 1.82) is 0 Å². The van der Waals surface area contributed by atoms with Crippen LogP contribution in [0.15, 0.2) is 24.3 Å². The van der Waals surface area contributed by atoms with Crippen molar-refractivity contribution in [3.63, 3.8) is 0 Å². The molecule has 2 rings (SSSR count). The molecular formula is C14H9ClF7N3O. The van der Waals surface area contributed by atoms with Gasteiger partial charge in [-0.25, -0.2) is 17.6 Å². The number of carbonyl (C=O) groups is 1. The number of halogens is 8. The van der Waals surface area contributed by atoms with Crippen LogP contribution < -0.4 is 5.32 Å². The second-order valence-electron chi connectivity index (χ2n) is 4.94. The number of hydrogen-bond acceptors (Lipinski definition) is 2. The maximum absolute atomic E-state index is 13.0. The first-order valence-electron chi connectivity index (χ1n) is 6.80. The van der Waals surface area contributed by atoms with Gasteiger partial charge in [0.2, 0.25) is 5.91 Å². The summed E-state index contributed by atoms with van der Waals surface area (Å²) >= 11 is 5.42. The molecule has 0 spiro atoms. The van der Waals surface area contributed by atoms with E-state index in [1.54, 1.807) is 0 Å². The molecule has 1 amide bonds. The lowest BCUT2D eigenvalue weighted by Crippen LogP contribution is -2.23. The highest BCUT2D eigenvalue weighted by molar-refractivity contribution is 6.32. The zero-order chi connectivity index (χ0) is 19.6. The van der Waals surface area contributed by atoms with Gasteiger partial charge in [0.15, 0.2) is 0 Å². The van der Waals surface area contributed by atoms with Crippen molar-refractivity contribution >= 4 is 23.2 Å². The van der Waals surface area contributed by atoms with E-state index in [-0.39, 0.29) is 4.68 Å². The van der Waals surface area contributed by atoms with Crippen LogP contribution in [0.25, 0.3) is 0 Å². The summed E-state index contributed by atoms with van der Waals surface area (Å²) in [6.45, 7) is -1.03. The summed E-state index contributed by atoms with van der Waals surface area (Å²) in [5.74, 6) is -1.18. The average molecular weight is 404 g/mol. The number of para-hydroxylation sites is 1. The molecule has 1 aromatic heterocycles. The fourth-order valence-electron chi connectivity index (χ4n) is 2.11. The van der Waals surface area contributed by atoms with Crippen molar-refractivity contribution in [3.8, 4) is 0 Å². The first-order valence-corrected chi connectivity index (χ1v) is 7.18. The Kier molecular flexibility index (Phi) is 5.79. The Morgan fingerprint density at radius 3 is 2.31 bits per heavy atom. The third-order valence-electron chi connectivity index (χ3n) is 3.17. The van der Waals surface area contributed by atoms with Gasteiger partial charge in [-0.1, -0.05) is 23.7 Å². The second kappa shape index (κ2) is 7.52. The first-order chi connectivity index (χ1) is 12.0. The van der Waals surface area contributed by atoms with Crippen LogP contribution in [0, 0.1) is 0 Å². The molecule has 0 saturated heterocycles. The SMILES string of the molecule is O=C(Cn1nc(C(F)F)c(Cl)c1C(F)F)Nc1ccccc1C(F)(F)F. The lowest BCUT2D eigenvalue weighted by Gasteiger charge is -2.14. The van der Waals surface area contributed by atoms with Crippen LogP contribution in [0.4, 0.5) is 36.4 Å². The van der Waals surface area contributed by atoms with E-state index in [0.717, 1.165) is 12.1 Å². The number of benzene rings is 1. The van der Waals surface area contributed by atoms with E-state index in [0.29, 0.717) is 6.07 Å². The van der Waals surface area contributed by atoms with Crippen LogP contribution in [0.3, 0.4) is 0 Å². The monoisotopic (exact) mass is 403 g/mol. The summed E-state index contributed by atoms with van der Waals surface area (Å²) in [7, 11) is 0. The third kappa shape index (κ3) is 4.26. The summed E-state index contributed by atoms with van der Waals surface area (Å²) in [5.41, 5.74) is -4.04. The summed E-state index contributed by atoms with van der Waals surface area (Å²) in [4.78, 5) is 11.9. The van der Waals surface area contributed by atoms with Gasteiger partial charge in [0.1, 0.15) is 17.9 Å². The van der Waals surface area contributed by atoms with Crippen LogP contribution in [0.1, 0.15) is 29.8 Å². The first kappa shape index (κ1) is 20.0. The predicted octanol–water partition coefficient (Wildman–Crippen LogP) is 5.07. The number of rotatable bonds is 5. The van der Waals surface area contributed by atoms with E-state index in [4.69, 9.17) is 11.6 Å². The highest BCUT2D eigenvalue weighted by Crippen LogP contribution is 2.36. The maximum Gasteiger partial charge on any atom is 0.418 e. The maximum atomic E-state index is 13.0. The summed E-state index contributed by atoms with van der Waals surface area (Å²) < 4.78 is 90.3. The highest BCUT2D eigenvalue weighted by Gasteiger charge is 2.34. The van der Waals surface area contributed by atoms with E-state index in [2.05, 4.69) is 5.10 Å². The number of anilines is 1. The summed E-state index contributed by atoms with van der Waals surface area (Å²) in [5, 5.41) is 4.05. The quantitative estimate of drug-likeness (QED) is 0.709. The van der Waals surface area contributed by atoms with Crippen molar-refractivity contribution in [1.82, 2.24) is 9.78 Å². The largest absolute Gasteiger partial charge is 0.418 e. The number of amides is 1. The number of carbonyl (C=O) groups excluding carboxylic acids is 1. The Balaban J connectivity index is 2.28. The van der Waals surface area contributed by atoms with Crippen LogP contribution >= 0.6 is 11.6 Å². The molecule has 0 unspecified atom stereocenters. The van der Waals surface area contributed by atoms with Crippen molar-refractivity contribution in [2.75, 3.05) is 5.32 Å². The van der Waals surface area contributed by atoms with Gasteiger partial charge in [-0.15, -0.1) is 0 Å². The minimum atomic E-state index is -4.77. The van der Waals surface area contributed by atoms with Gasteiger partial charge in [-0.3, -0.25) is 9.48 Å². The van der Waals surface area contributed by atoms with E-state index < -0.39 is 59.1 Å². The Morgan fingerprint density at radius 1 is 1.15 bits per heavy atom. The number of nitrogens with one attached hydrogen (secondary N) is 1. The van der Waals surface area contributed by atoms with E-state index in [1.807, 2.05) is 5.32 Å². The zero-order valence-corrected chi connectivity index (χ0v) is 13.3. The molecule has 1 aromatic carbocycles. The van der Waals surface area contributed by atoms with Gasteiger partial charge >= 0.3 is 6.18 Å². The predicted molar refractivity (Wildman–Crippen MR) is 77.2 cm³/mol. The number of nitrogens with zero attached hydrogens (tertiary/aromatic N) is 2. The topological polar surface area (TPSA) is 46.9 Å². The molecule has 0 atom stereocenters. The molecule has 0 bridgehead atoms. The molecule has 1 heterocycles. The van der Waals surface area contributed by atoms with Gasteiger partial charge in [0.25, 0.3) is 12.9 Å². The van der Waals surface area contributed by atoms with Gasteiger partial charge in [0.05, 0.1) is 16.3 Å². The molecule has 26 heavy (non-hydrogen) atoms. The van der Waals surface area contributed by atoms with Crippen LogP contribution in [-0.2, 0) is 17.5 Å². The van der Waals surface area contributed by atoms with Gasteiger partial charge in [-0.2, -0.15) is 18.3 Å². The van der Waals surface area contributed by atoms with Crippen molar-refractivity contribution in [2.24, 2.45) is 0 Å². The molecule has 1 N–H and O–H groups in total. The van der Waals surface area contributed by atoms with Gasteiger partial charge in [-0.05, 0) is 12.1 Å². The van der Waals surface area contributed by atoms with Crippen LogP contribution in [0.2, 0.25) is 5.02 Å². The standard InChI is InChI=1S/C14H9ClF7N3O/c15-9-10(12(16)17)24-25(11(9)13(18)19)5-8(26)23-7-4-2-1-3-6(7)14(20,21)22/h1-4,12-13H,5H2,(H,23,26). The minimum absolute atomic E-state index is 0.236. The molecule has 0 aliphatic heterocycles. The average Bonchev–Trinajstić information content (AvgIpc) is 2.83. The number of aromatic nitrogens is 2. The highest BCUT2D eigenvalue weighted by atomic mass is 35.5. The lowest BCUT2D eigenvalue weighted by molar-refractivity contribution is -0.137. The molecule has 0 saturated carbocycles. The number of alkyl halides is 7. The molecule has 142 valence electrons. The Bertz CT molecular complexity index is 804. The lowest BCUT2D eigenvalue weighted by atomic mass is 10.1. The minimum Gasteiger partial charge on any atom is -0.324 e. The van der Waals surface area contributed by atoms with Crippen molar-refractivity contribution in [3.05, 3.63) is 46.2 Å². The zero-order valence-electron chi connectivity index (χ0n) is 12.5. The molecule has 2 aromatic rings. The van der Waals surface area contributed by atoms with Crippen LogP contribution in [-0.4, -0.2) is 15.7 Å². The van der Waals surface area contributed by atoms with E-state index in [1.165, 1.54) is 6.07 Å². The van der Waals surface area contributed by atoms with Gasteiger partial charge < -0.3 is 5.32 Å². The third-order valence-corrected chi connectivity index (χ3v) is 3.56. The number of hydrogen-bond donors (Lipinski definition) is 1. The molecule has 0 radical (unpaired) electrons. The Hall–Kier alpha value is -2.30. The molecule has 0 aliphatic rings. The van der Waals surface area contributed by atoms with E-state index >= 15 is 0 Å². The fraction of sp³-hybridized carbons (Fsp3) is 0.286. The van der Waals surface area contributed by atoms with Crippen molar-refractivity contribution in [2.45, 2.75) is 25.6 Å². The normalized spacial score (nSPS) is 12.1. The van der Waals surface area contributed by atoms with Crippen molar-refractivity contribution < 1.29 is 35.5 Å². The Morgan fingerprint density at radius 2 is 1.77 bits per heavy atom. The molecule has 0 fully saturated rings. The summed E-state index contributed by atoms with van der Waals surface area (Å²) in [6.07, 6.45) is -11.4. The molecule has 12 heteroatoms. The molecular weight excluding hydrogens is 395 g/mol. The second-order valence-corrected chi connectivity index (χ2v) is 5.31.